The first-order valence-electron chi connectivity index (χ1n) is 4.70. The van der Waals surface area contributed by atoms with Gasteiger partial charge in [0.25, 0.3) is 0 Å². The molecule has 0 aliphatic heterocycles. The Morgan fingerprint density at radius 2 is 1.89 bits per heavy atom. The minimum absolute atomic E-state index is 0. The van der Waals surface area contributed by atoms with Crippen molar-refractivity contribution in [2.45, 2.75) is 0 Å². The summed E-state index contributed by atoms with van der Waals surface area (Å²) in [6.07, 6.45) is 1.32. The Bertz CT molecular complexity index is 522. The molecule has 0 spiro atoms. The second-order valence-corrected chi connectivity index (χ2v) is 4.68. The molecule has 0 N–H and O–H groups in total. The maximum atomic E-state index is 11.3. The molecule has 18 heavy (non-hydrogen) atoms. The van der Waals surface area contributed by atoms with Gasteiger partial charge in [0.2, 0.25) is 0 Å². The molecule has 0 radical (unpaired) electrons. The maximum Gasteiger partial charge on any atom is 1.00 e. The molecule has 0 bridgehead atoms. The average Bonchev–Trinajstić information content (AvgIpc) is 2.27. The van der Waals surface area contributed by atoms with Crippen LogP contribution in [0.25, 0.3) is 6.08 Å². The molecule has 92 valence electrons. The summed E-state index contributed by atoms with van der Waals surface area (Å²) in [5.41, 5.74) is 0.435. The van der Waals surface area contributed by atoms with E-state index in [9.17, 15) is 17.8 Å². The Morgan fingerprint density at radius 1 is 1.33 bits per heavy atom. The Labute approximate surface area is 128 Å². The fourth-order valence-corrected chi connectivity index (χ4v) is 1.81. The molecule has 0 aliphatic rings. The van der Waals surface area contributed by atoms with Crippen LogP contribution in [0.4, 0.5) is 0 Å². The van der Waals surface area contributed by atoms with E-state index in [0.717, 1.165) is 7.11 Å². The molecule has 1 aromatic rings. The molecule has 0 atom stereocenters. The van der Waals surface area contributed by atoms with Gasteiger partial charge in [-0.15, -0.1) is 0 Å². The molecule has 7 heteroatoms. The molecule has 0 saturated heterocycles. The molecule has 0 heterocycles. The molecule has 0 unspecified atom stereocenters. The standard InChI is InChI=1S/C11H12O5S.Na/c1-16-11(12)10(8-17(13,14)15)7-9-5-3-2-4-6-9;/h2-7H,8H2,1H3,(H,13,14,15);/q;+1/p-1/b10-7+;. The van der Waals surface area contributed by atoms with Crippen LogP contribution in [0.15, 0.2) is 35.9 Å². The Kier molecular flexibility index (Phi) is 7.42. The van der Waals surface area contributed by atoms with Crippen LogP contribution in [0.1, 0.15) is 5.56 Å². The van der Waals surface area contributed by atoms with Gasteiger partial charge in [0.05, 0.1) is 28.6 Å². The molecular weight excluding hydrogens is 267 g/mol. The number of carbonyl (C=O) groups is 1. The van der Waals surface area contributed by atoms with Crippen LogP contribution in [-0.4, -0.2) is 31.8 Å². The number of ether oxygens (including phenoxy) is 1. The van der Waals surface area contributed by atoms with E-state index in [-0.39, 0.29) is 35.1 Å². The van der Waals surface area contributed by atoms with Crippen molar-refractivity contribution in [3.05, 3.63) is 41.5 Å². The van der Waals surface area contributed by atoms with E-state index in [4.69, 9.17) is 0 Å². The van der Waals surface area contributed by atoms with Gasteiger partial charge in [-0.1, -0.05) is 30.3 Å². The van der Waals surface area contributed by atoms with Crippen molar-refractivity contribution in [1.29, 1.82) is 0 Å². The van der Waals surface area contributed by atoms with Gasteiger partial charge < -0.3 is 9.29 Å². The molecule has 0 fully saturated rings. The summed E-state index contributed by atoms with van der Waals surface area (Å²) < 4.78 is 36.4. The van der Waals surface area contributed by atoms with Crippen LogP contribution < -0.4 is 29.6 Å². The van der Waals surface area contributed by atoms with E-state index in [0.29, 0.717) is 5.56 Å². The fraction of sp³-hybridized carbons (Fsp3) is 0.182. The van der Waals surface area contributed by atoms with E-state index in [1.165, 1.54) is 6.08 Å². The molecule has 1 aromatic carbocycles. The third kappa shape index (κ3) is 6.32. The van der Waals surface area contributed by atoms with E-state index >= 15 is 0 Å². The first-order valence-corrected chi connectivity index (χ1v) is 6.27. The van der Waals surface area contributed by atoms with Crippen LogP contribution in [0.3, 0.4) is 0 Å². The van der Waals surface area contributed by atoms with Crippen molar-refractivity contribution in [3.8, 4) is 0 Å². The predicted octanol–water partition coefficient (Wildman–Crippen LogP) is -2.21. The smallest absolute Gasteiger partial charge is 0.748 e. The SMILES string of the molecule is COC(=O)/C(=C/c1ccccc1)CS(=O)(=O)[O-].[Na+]. The maximum absolute atomic E-state index is 11.3. The van der Waals surface area contributed by atoms with Crippen molar-refractivity contribution in [2.24, 2.45) is 0 Å². The summed E-state index contributed by atoms with van der Waals surface area (Å²) in [7, 11) is -3.39. The van der Waals surface area contributed by atoms with E-state index < -0.39 is 21.8 Å². The summed E-state index contributed by atoms with van der Waals surface area (Å²) >= 11 is 0. The van der Waals surface area contributed by atoms with Gasteiger partial charge in [-0.05, 0) is 11.6 Å². The Balaban J connectivity index is 0.00000289. The molecule has 0 saturated carbocycles. The van der Waals surface area contributed by atoms with Crippen molar-refractivity contribution in [3.63, 3.8) is 0 Å². The minimum atomic E-state index is -4.52. The van der Waals surface area contributed by atoms with Crippen molar-refractivity contribution in [2.75, 3.05) is 12.9 Å². The summed E-state index contributed by atoms with van der Waals surface area (Å²) in [5, 5.41) is 0. The Hall–Kier alpha value is -0.660. The zero-order valence-corrected chi connectivity index (χ0v) is 12.9. The summed E-state index contributed by atoms with van der Waals surface area (Å²) in [4.78, 5) is 11.3. The second kappa shape index (κ2) is 7.70. The van der Waals surface area contributed by atoms with Gasteiger partial charge in [0.1, 0.15) is 0 Å². The zero-order chi connectivity index (χ0) is 12.9. The number of methoxy groups -OCH3 is 1. The van der Waals surface area contributed by atoms with Crippen LogP contribution in [0, 0.1) is 0 Å². The van der Waals surface area contributed by atoms with Crippen molar-refractivity contribution < 1.29 is 52.1 Å². The molecule has 0 aliphatic carbocycles. The molecule has 0 amide bonds. The second-order valence-electron chi connectivity index (χ2n) is 3.27. The zero-order valence-electron chi connectivity index (χ0n) is 10.1. The van der Waals surface area contributed by atoms with Crippen LogP contribution in [0.2, 0.25) is 0 Å². The first-order chi connectivity index (χ1) is 7.92. The van der Waals surface area contributed by atoms with Crippen LogP contribution >= 0.6 is 0 Å². The largest absolute Gasteiger partial charge is 1.00 e. The monoisotopic (exact) mass is 278 g/mol. The van der Waals surface area contributed by atoms with Gasteiger partial charge >= 0.3 is 35.5 Å². The number of esters is 1. The number of carbonyl (C=O) groups excluding carboxylic acids is 1. The minimum Gasteiger partial charge on any atom is -0.748 e. The van der Waals surface area contributed by atoms with E-state index in [1.807, 2.05) is 0 Å². The average molecular weight is 278 g/mol. The molecule has 1 rings (SSSR count). The van der Waals surface area contributed by atoms with Crippen LogP contribution in [-0.2, 0) is 19.6 Å². The predicted molar refractivity (Wildman–Crippen MR) is 61.0 cm³/mol. The summed E-state index contributed by atoms with van der Waals surface area (Å²) in [6.45, 7) is 0. The number of hydrogen-bond acceptors (Lipinski definition) is 5. The third-order valence-corrected chi connectivity index (χ3v) is 2.58. The third-order valence-electron chi connectivity index (χ3n) is 1.92. The van der Waals surface area contributed by atoms with Crippen LogP contribution in [0.5, 0.6) is 0 Å². The molecule has 0 aromatic heterocycles. The number of benzene rings is 1. The summed E-state index contributed by atoms with van der Waals surface area (Å²) in [5.74, 6) is -1.71. The van der Waals surface area contributed by atoms with Crippen molar-refractivity contribution >= 4 is 22.2 Å². The van der Waals surface area contributed by atoms with E-state index in [2.05, 4.69) is 4.74 Å². The first kappa shape index (κ1) is 17.3. The van der Waals surface area contributed by atoms with Crippen molar-refractivity contribution in [1.82, 2.24) is 0 Å². The van der Waals surface area contributed by atoms with Gasteiger partial charge in [-0.3, -0.25) is 0 Å². The van der Waals surface area contributed by atoms with E-state index in [1.54, 1.807) is 30.3 Å². The molecule has 5 nitrogen and oxygen atoms in total. The van der Waals surface area contributed by atoms with Gasteiger partial charge in [0, 0.05) is 0 Å². The quantitative estimate of drug-likeness (QED) is 0.270. The summed E-state index contributed by atoms with van der Waals surface area (Å²) in [6, 6.07) is 8.60. The number of rotatable bonds is 4. The topological polar surface area (TPSA) is 83.5 Å². The van der Waals surface area contributed by atoms with Gasteiger partial charge in [-0.25, -0.2) is 13.2 Å². The molecular formula is C11H11NaO5S. The Morgan fingerprint density at radius 3 is 2.33 bits per heavy atom. The van der Waals surface area contributed by atoms with Gasteiger partial charge in [0.15, 0.2) is 0 Å². The van der Waals surface area contributed by atoms with Gasteiger partial charge in [-0.2, -0.15) is 0 Å². The fourth-order valence-electron chi connectivity index (χ4n) is 1.23. The normalized spacial score (nSPS) is 11.6. The number of hydrogen-bond donors (Lipinski definition) is 0.